The molecule has 0 aliphatic heterocycles. The van der Waals surface area contributed by atoms with Crippen molar-refractivity contribution in [3.05, 3.63) is 52.7 Å². The maximum Gasteiger partial charge on any atom is 0.223 e. The van der Waals surface area contributed by atoms with Crippen molar-refractivity contribution in [2.45, 2.75) is 13.8 Å². The van der Waals surface area contributed by atoms with E-state index in [0.29, 0.717) is 5.95 Å². The molecule has 4 heteroatoms. The van der Waals surface area contributed by atoms with E-state index < -0.39 is 0 Å². The second-order valence-electron chi connectivity index (χ2n) is 5.08. The van der Waals surface area contributed by atoms with Gasteiger partial charge >= 0.3 is 0 Å². The number of benzene rings is 2. The monoisotopic (exact) mass is 297 g/mol. The van der Waals surface area contributed by atoms with Crippen LogP contribution in [0.4, 0.5) is 5.95 Å². The number of hydrogen-bond acceptors (Lipinski definition) is 3. The molecule has 3 nitrogen and oxygen atoms in total. The number of nitrogens with one attached hydrogen (secondary N) is 1. The molecule has 0 unspecified atom stereocenters. The number of aromatic nitrogens is 2. The highest BCUT2D eigenvalue weighted by atomic mass is 35.5. The van der Waals surface area contributed by atoms with Gasteiger partial charge in [-0.2, -0.15) is 0 Å². The van der Waals surface area contributed by atoms with Gasteiger partial charge in [0.15, 0.2) is 0 Å². The van der Waals surface area contributed by atoms with Crippen molar-refractivity contribution in [1.29, 1.82) is 0 Å². The first-order valence-electron chi connectivity index (χ1n) is 6.81. The van der Waals surface area contributed by atoms with Crippen molar-refractivity contribution < 1.29 is 0 Å². The van der Waals surface area contributed by atoms with Gasteiger partial charge < -0.3 is 5.32 Å². The van der Waals surface area contributed by atoms with Gasteiger partial charge in [0, 0.05) is 17.5 Å². The zero-order valence-corrected chi connectivity index (χ0v) is 13.0. The summed E-state index contributed by atoms with van der Waals surface area (Å²) in [6.45, 7) is 4.00. The standard InChI is InChI=1S/C17H16ClN3/c1-10-4-5-13(9-15(10)18)12-6-7-16-14(8-12)11(2)20-17(19-3)21-16/h4-9H,1-3H3,(H,19,20,21). The average molecular weight is 298 g/mol. The second kappa shape index (κ2) is 5.34. The van der Waals surface area contributed by atoms with Crippen LogP contribution >= 0.6 is 11.6 Å². The third kappa shape index (κ3) is 2.57. The van der Waals surface area contributed by atoms with Gasteiger partial charge in [0.05, 0.1) is 11.2 Å². The maximum atomic E-state index is 6.22. The van der Waals surface area contributed by atoms with Crippen LogP contribution < -0.4 is 5.32 Å². The molecule has 1 aromatic heterocycles. The van der Waals surface area contributed by atoms with Crippen molar-refractivity contribution in [1.82, 2.24) is 9.97 Å². The van der Waals surface area contributed by atoms with E-state index in [4.69, 9.17) is 11.6 Å². The number of hydrogen-bond donors (Lipinski definition) is 1. The first-order chi connectivity index (χ1) is 10.1. The van der Waals surface area contributed by atoms with Crippen molar-refractivity contribution in [3.63, 3.8) is 0 Å². The van der Waals surface area contributed by atoms with Crippen LogP contribution in [0.3, 0.4) is 0 Å². The fraction of sp³-hybridized carbons (Fsp3) is 0.176. The molecule has 0 aliphatic carbocycles. The van der Waals surface area contributed by atoms with Crippen LogP contribution in [0.25, 0.3) is 22.0 Å². The molecule has 2 aromatic carbocycles. The summed E-state index contributed by atoms with van der Waals surface area (Å²) in [4.78, 5) is 8.91. The van der Waals surface area contributed by atoms with Crippen LogP contribution in [0.2, 0.25) is 5.02 Å². The van der Waals surface area contributed by atoms with E-state index >= 15 is 0 Å². The Labute approximate surface area is 129 Å². The van der Waals surface area contributed by atoms with Gasteiger partial charge in [0.25, 0.3) is 0 Å². The van der Waals surface area contributed by atoms with Crippen LogP contribution in [0.5, 0.6) is 0 Å². The predicted molar refractivity (Wildman–Crippen MR) is 89.0 cm³/mol. The number of nitrogens with zero attached hydrogens (tertiary/aromatic N) is 2. The first kappa shape index (κ1) is 13.8. The van der Waals surface area contributed by atoms with Crippen molar-refractivity contribution in [2.75, 3.05) is 12.4 Å². The predicted octanol–water partition coefficient (Wildman–Crippen LogP) is 4.61. The fourth-order valence-electron chi connectivity index (χ4n) is 2.35. The fourth-order valence-corrected chi connectivity index (χ4v) is 2.53. The van der Waals surface area contributed by atoms with Crippen LogP contribution in [-0.4, -0.2) is 17.0 Å². The molecule has 3 aromatic rings. The Balaban J connectivity index is 2.16. The molecule has 1 heterocycles. The smallest absolute Gasteiger partial charge is 0.223 e. The third-order valence-corrected chi connectivity index (χ3v) is 4.02. The minimum Gasteiger partial charge on any atom is -0.357 e. The van der Waals surface area contributed by atoms with Gasteiger partial charge in [-0.05, 0) is 48.7 Å². The summed E-state index contributed by atoms with van der Waals surface area (Å²) in [5, 5.41) is 4.82. The summed E-state index contributed by atoms with van der Waals surface area (Å²) in [5.74, 6) is 0.645. The third-order valence-electron chi connectivity index (χ3n) is 3.62. The Morgan fingerprint density at radius 2 is 1.67 bits per heavy atom. The molecule has 0 saturated carbocycles. The number of halogens is 1. The molecule has 0 atom stereocenters. The molecule has 1 N–H and O–H groups in total. The minimum absolute atomic E-state index is 0.645. The Bertz CT molecular complexity index is 828. The average Bonchev–Trinajstić information content (AvgIpc) is 2.49. The summed E-state index contributed by atoms with van der Waals surface area (Å²) >= 11 is 6.22. The number of aryl methyl sites for hydroxylation is 2. The Hall–Kier alpha value is -2.13. The Morgan fingerprint density at radius 3 is 2.38 bits per heavy atom. The van der Waals surface area contributed by atoms with Crippen molar-refractivity contribution >= 4 is 28.5 Å². The quantitative estimate of drug-likeness (QED) is 0.750. The molecule has 0 amide bonds. The highest BCUT2D eigenvalue weighted by Crippen LogP contribution is 2.28. The van der Waals surface area contributed by atoms with E-state index in [1.165, 1.54) is 0 Å². The zero-order valence-electron chi connectivity index (χ0n) is 12.2. The normalized spacial score (nSPS) is 10.9. The van der Waals surface area contributed by atoms with E-state index in [9.17, 15) is 0 Å². The minimum atomic E-state index is 0.645. The molecular formula is C17H16ClN3. The van der Waals surface area contributed by atoms with E-state index in [1.54, 1.807) is 0 Å². The maximum absolute atomic E-state index is 6.22. The lowest BCUT2D eigenvalue weighted by Crippen LogP contribution is -1.98. The summed E-state index contributed by atoms with van der Waals surface area (Å²) < 4.78 is 0. The van der Waals surface area contributed by atoms with Crippen LogP contribution in [0.15, 0.2) is 36.4 Å². The van der Waals surface area contributed by atoms with Gasteiger partial charge in [-0.1, -0.05) is 29.8 Å². The summed E-state index contributed by atoms with van der Waals surface area (Å²) in [7, 11) is 1.82. The lowest BCUT2D eigenvalue weighted by atomic mass is 10.0. The molecule has 0 bridgehead atoms. The first-order valence-corrected chi connectivity index (χ1v) is 7.19. The van der Waals surface area contributed by atoms with Gasteiger partial charge in [0.2, 0.25) is 5.95 Å². The summed E-state index contributed by atoms with van der Waals surface area (Å²) in [6, 6.07) is 12.3. The number of rotatable bonds is 2. The SMILES string of the molecule is CNc1nc(C)c2cc(-c3ccc(C)c(Cl)c3)ccc2n1. The highest BCUT2D eigenvalue weighted by molar-refractivity contribution is 6.31. The molecule has 0 radical (unpaired) electrons. The summed E-state index contributed by atoms with van der Waals surface area (Å²) in [5.41, 5.74) is 5.20. The zero-order chi connectivity index (χ0) is 15.0. The van der Waals surface area contributed by atoms with Crippen molar-refractivity contribution in [2.24, 2.45) is 0 Å². The van der Waals surface area contributed by atoms with Crippen molar-refractivity contribution in [3.8, 4) is 11.1 Å². The number of anilines is 1. The Morgan fingerprint density at radius 1 is 0.952 bits per heavy atom. The lowest BCUT2D eigenvalue weighted by Gasteiger charge is -2.08. The van der Waals surface area contributed by atoms with Gasteiger partial charge in [0.1, 0.15) is 0 Å². The van der Waals surface area contributed by atoms with E-state index in [1.807, 2.05) is 39.1 Å². The summed E-state index contributed by atoms with van der Waals surface area (Å²) in [6.07, 6.45) is 0. The van der Waals surface area contributed by atoms with E-state index in [2.05, 4.69) is 33.5 Å². The lowest BCUT2D eigenvalue weighted by molar-refractivity contribution is 1.14. The van der Waals surface area contributed by atoms with Crippen LogP contribution in [0.1, 0.15) is 11.3 Å². The molecule has 0 saturated heterocycles. The highest BCUT2D eigenvalue weighted by Gasteiger charge is 2.07. The molecule has 0 spiro atoms. The Kier molecular flexibility index (Phi) is 3.52. The molecule has 0 aliphatic rings. The molecule has 21 heavy (non-hydrogen) atoms. The topological polar surface area (TPSA) is 37.8 Å². The van der Waals surface area contributed by atoms with Gasteiger partial charge in [-0.3, -0.25) is 0 Å². The van der Waals surface area contributed by atoms with E-state index in [0.717, 1.165) is 38.3 Å². The number of fused-ring (bicyclic) bond motifs is 1. The van der Waals surface area contributed by atoms with Gasteiger partial charge in [-0.25, -0.2) is 9.97 Å². The van der Waals surface area contributed by atoms with E-state index in [-0.39, 0.29) is 0 Å². The molecule has 106 valence electrons. The molecule has 3 rings (SSSR count). The second-order valence-corrected chi connectivity index (χ2v) is 5.49. The van der Waals surface area contributed by atoms with Gasteiger partial charge in [-0.15, -0.1) is 0 Å². The van der Waals surface area contributed by atoms with Crippen LogP contribution in [-0.2, 0) is 0 Å². The largest absolute Gasteiger partial charge is 0.357 e. The molecule has 0 fully saturated rings. The van der Waals surface area contributed by atoms with Crippen LogP contribution in [0, 0.1) is 13.8 Å². The molecular weight excluding hydrogens is 282 g/mol.